The molecule has 0 saturated carbocycles. The average molecular weight is 378 g/mol. The van der Waals surface area contributed by atoms with Gasteiger partial charge in [-0.3, -0.25) is 4.90 Å². The number of hydrogen-bond acceptors (Lipinski definition) is 4. The van der Waals surface area contributed by atoms with E-state index in [-0.39, 0.29) is 18.0 Å². The van der Waals surface area contributed by atoms with Gasteiger partial charge in [0.05, 0.1) is 12.7 Å². The van der Waals surface area contributed by atoms with Crippen molar-refractivity contribution in [3.8, 4) is 0 Å². The van der Waals surface area contributed by atoms with Crippen molar-refractivity contribution in [2.75, 3.05) is 39.3 Å². The molecule has 27 heavy (non-hydrogen) atoms. The molecule has 0 aliphatic carbocycles. The van der Waals surface area contributed by atoms with Crippen molar-refractivity contribution >= 4 is 6.09 Å². The van der Waals surface area contributed by atoms with Gasteiger partial charge in [0.2, 0.25) is 0 Å². The van der Waals surface area contributed by atoms with E-state index >= 15 is 0 Å². The number of likely N-dealkylation sites (tertiary alicyclic amines) is 1. The van der Waals surface area contributed by atoms with Gasteiger partial charge in [-0.15, -0.1) is 0 Å². The third kappa shape index (κ3) is 5.91. The molecule has 2 fully saturated rings. The number of nitrogens with zero attached hydrogens (tertiary/aromatic N) is 2. The van der Waals surface area contributed by atoms with E-state index < -0.39 is 5.60 Å². The number of halogens is 1. The summed E-state index contributed by atoms with van der Waals surface area (Å²) in [7, 11) is 0. The van der Waals surface area contributed by atoms with Crippen molar-refractivity contribution in [1.29, 1.82) is 0 Å². The Bertz CT molecular complexity index is 621. The Morgan fingerprint density at radius 3 is 2.48 bits per heavy atom. The Hall–Kier alpha value is -1.66. The fraction of sp³-hybridized carbons (Fsp3) is 0.667. The largest absolute Gasteiger partial charge is 0.444 e. The topological polar surface area (TPSA) is 42.0 Å². The van der Waals surface area contributed by atoms with Crippen LogP contribution >= 0.6 is 0 Å². The lowest BCUT2D eigenvalue weighted by Gasteiger charge is -2.38. The first-order valence-corrected chi connectivity index (χ1v) is 9.87. The van der Waals surface area contributed by atoms with Crippen LogP contribution in [0.1, 0.15) is 45.3 Å². The number of ether oxygens (including phenoxy) is 2. The minimum absolute atomic E-state index is 0.00111. The monoisotopic (exact) mass is 378 g/mol. The highest BCUT2D eigenvalue weighted by Gasteiger charge is 2.29. The molecule has 2 saturated heterocycles. The first-order chi connectivity index (χ1) is 12.8. The predicted molar refractivity (Wildman–Crippen MR) is 102 cm³/mol. The molecule has 1 aromatic rings. The maximum atomic E-state index is 13.1. The third-order valence-corrected chi connectivity index (χ3v) is 5.17. The van der Waals surface area contributed by atoms with E-state index in [1.165, 1.54) is 12.1 Å². The van der Waals surface area contributed by atoms with Gasteiger partial charge in [0, 0.05) is 32.7 Å². The summed E-state index contributed by atoms with van der Waals surface area (Å²) in [6.07, 6.45) is 1.79. The van der Waals surface area contributed by atoms with Gasteiger partial charge in [0.25, 0.3) is 0 Å². The molecule has 0 aromatic heterocycles. The molecule has 3 rings (SSSR count). The zero-order valence-electron chi connectivity index (χ0n) is 16.6. The first-order valence-electron chi connectivity index (χ1n) is 9.87. The standard InChI is InChI=1S/C21H31FN2O3/c1-21(2,3)27-20(25)24-10-8-16(9-11-24)14-23-12-13-26-19(15-23)17-4-6-18(22)7-5-17/h4-7,16,19H,8-15H2,1-3H3. The van der Waals surface area contributed by atoms with Crippen LogP contribution in [0, 0.1) is 11.7 Å². The molecule has 0 spiro atoms. The number of benzene rings is 1. The summed E-state index contributed by atoms with van der Waals surface area (Å²) in [4.78, 5) is 16.4. The summed E-state index contributed by atoms with van der Waals surface area (Å²) < 4.78 is 24.5. The lowest BCUT2D eigenvalue weighted by atomic mass is 9.96. The number of carbonyl (C=O) groups is 1. The molecule has 0 bridgehead atoms. The highest BCUT2D eigenvalue weighted by molar-refractivity contribution is 5.68. The molecular formula is C21H31FN2O3. The van der Waals surface area contributed by atoms with E-state index in [0.717, 1.165) is 51.1 Å². The minimum Gasteiger partial charge on any atom is -0.444 e. The van der Waals surface area contributed by atoms with Gasteiger partial charge in [0.1, 0.15) is 11.4 Å². The van der Waals surface area contributed by atoms with E-state index in [4.69, 9.17) is 9.47 Å². The van der Waals surface area contributed by atoms with Crippen LogP contribution < -0.4 is 0 Å². The molecule has 1 aromatic carbocycles. The Labute approximate surface area is 161 Å². The van der Waals surface area contributed by atoms with Crippen molar-refractivity contribution in [1.82, 2.24) is 9.80 Å². The Balaban J connectivity index is 1.46. The van der Waals surface area contributed by atoms with Gasteiger partial charge in [-0.2, -0.15) is 0 Å². The molecule has 2 aliphatic rings. The lowest BCUT2D eigenvalue weighted by Crippen LogP contribution is -2.46. The molecule has 1 atom stereocenters. The summed E-state index contributed by atoms with van der Waals surface area (Å²) >= 11 is 0. The summed E-state index contributed by atoms with van der Waals surface area (Å²) in [5, 5.41) is 0. The van der Waals surface area contributed by atoms with Crippen molar-refractivity contribution in [2.24, 2.45) is 5.92 Å². The van der Waals surface area contributed by atoms with Gasteiger partial charge in [-0.05, 0) is 57.2 Å². The summed E-state index contributed by atoms with van der Waals surface area (Å²) in [5.74, 6) is 0.360. The highest BCUT2D eigenvalue weighted by atomic mass is 19.1. The number of carbonyl (C=O) groups excluding carboxylic acids is 1. The Morgan fingerprint density at radius 2 is 1.85 bits per heavy atom. The van der Waals surface area contributed by atoms with Crippen LogP contribution in [-0.2, 0) is 9.47 Å². The minimum atomic E-state index is -0.447. The van der Waals surface area contributed by atoms with Crippen LogP contribution in [0.4, 0.5) is 9.18 Å². The number of morpholine rings is 1. The smallest absolute Gasteiger partial charge is 0.410 e. The van der Waals surface area contributed by atoms with Crippen molar-refractivity contribution < 1.29 is 18.7 Å². The van der Waals surface area contributed by atoms with E-state index in [1.54, 1.807) is 0 Å². The normalized spacial score (nSPS) is 22.7. The molecule has 0 N–H and O–H groups in total. The maximum absolute atomic E-state index is 13.1. The van der Waals surface area contributed by atoms with Gasteiger partial charge in [-0.1, -0.05) is 12.1 Å². The van der Waals surface area contributed by atoms with E-state index in [9.17, 15) is 9.18 Å². The van der Waals surface area contributed by atoms with Gasteiger partial charge in [0.15, 0.2) is 0 Å². The fourth-order valence-electron chi connectivity index (χ4n) is 3.74. The second-order valence-corrected chi connectivity index (χ2v) is 8.58. The summed E-state index contributed by atoms with van der Waals surface area (Å²) in [6, 6.07) is 6.60. The molecule has 5 nitrogen and oxygen atoms in total. The molecule has 150 valence electrons. The van der Waals surface area contributed by atoms with Crippen LogP contribution in [0.5, 0.6) is 0 Å². The average Bonchev–Trinajstić information content (AvgIpc) is 2.62. The predicted octanol–water partition coefficient (Wildman–Crippen LogP) is 3.85. The van der Waals surface area contributed by atoms with Gasteiger partial charge in [-0.25, -0.2) is 9.18 Å². The first kappa shape index (κ1) is 20.1. The fourth-order valence-corrected chi connectivity index (χ4v) is 3.74. The zero-order valence-corrected chi connectivity index (χ0v) is 16.6. The Morgan fingerprint density at radius 1 is 1.19 bits per heavy atom. The van der Waals surface area contributed by atoms with Crippen LogP contribution in [0.15, 0.2) is 24.3 Å². The summed E-state index contributed by atoms with van der Waals surface area (Å²) in [6.45, 7) is 10.7. The molecule has 0 radical (unpaired) electrons. The zero-order chi connectivity index (χ0) is 19.4. The molecule has 2 heterocycles. The Kier molecular flexibility index (Phi) is 6.37. The number of rotatable bonds is 3. The molecular weight excluding hydrogens is 347 g/mol. The molecule has 1 unspecified atom stereocenters. The maximum Gasteiger partial charge on any atom is 0.410 e. The van der Waals surface area contributed by atoms with E-state index in [1.807, 2.05) is 37.8 Å². The van der Waals surface area contributed by atoms with Gasteiger partial charge < -0.3 is 14.4 Å². The highest BCUT2D eigenvalue weighted by Crippen LogP contribution is 2.26. The van der Waals surface area contributed by atoms with Crippen LogP contribution in [0.25, 0.3) is 0 Å². The van der Waals surface area contributed by atoms with Crippen LogP contribution in [0.3, 0.4) is 0 Å². The van der Waals surface area contributed by atoms with Crippen LogP contribution in [-0.4, -0.2) is 60.8 Å². The number of hydrogen-bond donors (Lipinski definition) is 0. The van der Waals surface area contributed by atoms with Crippen molar-refractivity contribution in [3.63, 3.8) is 0 Å². The van der Waals surface area contributed by atoms with E-state index in [0.29, 0.717) is 12.5 Å². The second-order valence-electron chi connectivity index (χ2n) is 8.58. The SMILES string of the molecule is CC(C)(C)OC(=O)N1CCC(CN2CCOC(c3ccc(F)cc3)C2)CC1. The van der Waals surface area contributed by atoms with Crippen LogP contribution in [0.2, 0.25) is 0 Å². The second kappa shape index (κ2) is 8.57. The number of amides is 1. The van der Waals surface area contributed by atoms with Gasteiger partial charge >= 0.3 is 6.09 Å². The lowest BCUT2D eigenvalue weighted by molar-refractivity contribution is -0.0377. The molecule has 1 amide bonds. The third-order valence-electron chi connectivity index (χ3n) is 5.17. The molecule has 6 heteroatoms. The number of piperidine rings is 1. The van der Waals surface area contributed by atoms with E-state index in [2.05, 4.69) is 4.90 Å². The molecule has 2 aliphatic heterocycles. The summed E-state index contributed by atoms with van der Waals surface area (Å²) in [5.41, 5.74) is 0.581. The van der Waals surface area contributed by atoms with Crippen molar-refractivity contribution in [3.05, 3.63) is 35.6 Å². The quantitative estimate of drug-likeness (QED) is 0.801. The van der Waals surface area contributed by atoms with Crippen molar-refractivity contribution in [2.45, 2.75) is 45.3 Å².